The number of hydrogen-bond acceptors (Lipinski definition) is 4. The Hall–Kier alpha value is -2.06. The average molecular weight is 346 g/mol. The largest absolute Gasteiger partial charge is 0.492 e. The lowest BCUT2D eigenvalue weighted by Crippen LogP contribution is -2.41. The van der Waals surface area contributed by atoms with Gasteiger partial charge in [-0.1, -0.05) is 39.5 Å². The third-order valence-corrected chi connectivity index (χ3v) is 4.30. The SMILES string of the molecule is CCCCC[C@@](C)(OC)C(=O)Nc1ccc(OCCCC)c(C#N)c1. The molecular formula is C20H30N2O3. The summed E-state index contributed by atoms with van der Waals surface area (Å²) in [4.78, 5) is 12.6. The number of carbonyl (C=O) groups is 1. The molecule has 0 saturated heterocycles. The number of hydrogen-bond donors (Lipinski definition) is 1. The molecule has 0 bridgehead atoms. The molecule has 0 saturated carbocycles. The van der Waals surface area contributed by atoms with Gasteiger partial charge in [-0.15, -0.1) is 0 Å². The summed E-state index contributed by atoms with van der Waals surface area (Å²) in [5.41, 5.74) is 0.111. The molecule has 1 amide bonds. The van der Waals surface area contributed by atoms with E-state index in [1.807, 2.05) is 0 Å². The third-order valence-electron chi connectivity index (χ3n) is 4.30. The van der Waals surface area contributed by atoms with E-state index in [0.29, 0.717) is 30.0 Å². The molecule has 138 valence electrons. The summed E-state index contributed by atoms with van der Waals surface area (Å²) in [6.07, 6.45) is 5.71. The van der Waals surface area contributed by atoms with Crippen LogP contribution in [0.4, 0.5) is 5.69 Å². The van der Waals surface area contributed by atoms with Crippen LogP contribution in [0.1, 0.15) is 64.9 Å². The van der Waals surface area contributed by atoms with Crippen molar-refractivity contribution in [3.63, 3.8) is 0 Å². The molecule has 0 spiro atoms. The second-order valence-electron chi connectivity index (χ2n) is 6.37. The number of rotatable bonds is 11. The maximum Gasteiger partial charge on any atom is 0.256 e. The Morgan fingerprint density at radius 1 is 1.24 bits per heavy atom. The summed E-state index contributed by atoms with van der Waals surface area (Å²) >= 11 is 0. The number of benzene rings is 1. The number of methoxy groups -OCH3 is 1. The van der Waals surface area contributed by atoms with Crippen molar-refractivity contribution in [2.75, 3.05) is 19.0 Å². The number of nitriles is 1. The third kappa shape index (κ3) is 6.39. The predicted molar refractivity (Wildman–Crippen MR) is 99.7 cm³/mol. The minimum Gasteiger partial charge on any atom is -0.492 e. The molecule has 1 aromatic rings. The minimum atomic E-state index is -0.877. The van der Waals surface area contributed by atoms with E-state index in [9.17, 15) is 10.1 Å². The van der Waals surface area contributed by atoms with Gasteiger partial charge in [0.05, 0.1) is 12.2 Å². The van der Waals surface area contributed by atoms with Gasteiger partial charge in [0.25, 0.3) is 5.91 Å². The standard InChI is InChI=1S/C20H30N2O3/c1-5-7-9-12-20(3,24-4)19(23)22-17-10-11-18(16(14-17)15-21)25-13-8-6-2/h10-11,14H,5-9,12-13H2,1-4H3,(H,22,23)/t20-/m1/s1. The minimum absolute atomic E-state index is 0.199. The van der Waals surface area contributed by atoms with E-state index < -0.39 is 5.60 Å². The van der Waals surface area contributed by atoms with Crippen molar-refractivity contribution < 1.29 is 14.3 Å². The summed E-state index contributed by atoms with van der Waals surface area (Å²) in [7, 11) is 1.55. The molecule has 0 aliphatic carbocycles. The van der Waals surface area contributed by atoms with Crippen molar-refractivity contribution in [2.24, 2.45) is 0 Å². The Kier molecular flexibility index (Phi) is 9.01. The Morgan fingerprint density at radius 2 is 1.96 bits per heavy atom. The summed E-state index contributed by atoms with van der Waals surface area (Å²) in [5, 5.41) is 12.2. The van der Waals surface area contributed by atoms with Crippen molar-refractivity contribution in [1.29, 1.82) is 5.26 Å². The number of unbranched alkanes of at least 4 members (excludes halogenated alkanes) is 3. The monoisotopic (exact) mass is 346 g/mol. The first-order valence-corrected chi connectivity index (χ1v) is 9.04. The molecule has 1 N–H and O–H groups in total. The van der Waals surface area contributed by atoms with Gasteiger partial charge in [-0.3, -0.25) is 4.79 Å². The first-order valence-electron chi connectivity index (χ1n) is 9.04. The number of ether oxygens (including phenoxy) is 2. The van der Waals surface area contributed by atoms with Crippen LogP contribution in [0.15, 0.2) is 18.2 Å². The first kappa shape index (κ1) is 21.0. The molecule has 25 heavy (non-hydrogen) atoms. The van der Waals surface area contributed by atoms with E-state index >= 15 is 0 Å². The van der Waals surface area contributed by atoms with E-state index in [4.69, 9.17) is 9.47 Å². The van der Waals surface area contributed by atoms with E-state index in [-0.39, 0.29) is 5.91 Å². The van der Waals surface area contributed by atoms with Gasteiger partial charge in [-0.05, 0) is 38.0 Å². The van der Waals surface area contributed by atoms with Crippen LogP contribution in [-0.2, 0) is 9.53 Å². The van der Waals surface area contributed by atoms with Gasteiger partial charge in [0.2, 0.25) is 0 Å². The fourth-order valence-electron chi connectivity index (χ4n) is 2.43. The van der Waals surface area contributed by atoms with Crippen LogP contribution >= 0.6 is 0 Å². The highest BCUT2D eigenvalue weighted by atomic mass is 16.5. The van der Waals surface area contributed by atoms with Crippen molar-refractivity contribution in [2.45, 2.75) is 64.9 Å². The van der Waals surface area contributed by atoms with E-state index in [1.165, 1.54) is 0 Å². The van der Waals surface area contributed by atoms with Gasteiger partial charge >= 0.3 is 0 Å². The van der Waals surface area contributed by atoms with Gasteiger partial charge < -0.3 is 14.8 Å². The molecule has 0 unspecified atom stereocenters. The van der Waals surface area contributed by atoms with Crippen molar-refractivity contribution in [3.8, 4) is 11.8 Å². The highest BCUT2D eigenvalue weighted by molar-refractivity contribution is 5.97. The van der Waals surface area contributed by atoms with Crippen molar-refractivity contribution >= 4 is 11.6 Å². The van der Waals surface area contributed by atoms with Crippen molar-refractivity contribution in [3.05, 3.63) is 23.8 Å². The van der Waals surface area contributed by atoms with Crippen molar-refractivity contribution in [1.82, 2.24) is 0 Å². The smallest absolute Gasteiger partial charge is 0.256 e. The first-order chi connectivity index (χ1) is 12.0. The van der Waals surface area contributed by atoms with Crippen LogP contribution in [0.25, 0.3) is 0 Å². The maximum atomic E-state index is 12.6. The molecule has 5 nitrogen and oxygen atoms in total. The fraction of sp³-hybridized carbons (Fsp3) is 0.600. The normalized spacial score (nSPS) is 12.9. The molecule has 0 heterocycles. The van der Waals surface area contributed by atoms with Crippen LogP contribution < -0.4 is 10.1 Å². The summed E-state index contributed by atoms with van der Waals surface area (Å²) in [6.45, 7) is 6.58. The maximum absolute atomic E-state index is 12.6. The zero-order valence-electron chi connectivity index (χ0n) is 15.9. The summed E-state index contributed by atoms with van der Waals surface area (Å²) in [6, 6.07) is 7.24. The topological polar surface area (TPSA) is 71.3 Å². The van der Waals surface area contributed by atoms with Crippen LogP contribution in [0.2, 0.25) is 0 Å². The van der Waals surface area contributed by atoms with Crippen LogP contribution in [0, 0.1) is 11.3 Å². The van der Waals surface area contributed by atoms with Crippen LogP contribution in [0.5, 0.6) is 5.75 Å². The molecule has 0 radical (unpaired) electrons. The van der Waals surface area contributed by atoms with E-state index in [1.54, 1.807) is 32.2 Å². The Labute approximate surface area is 151 Å². The predicted octanol–water partition coefficient (Wildman–Crippen LogP) is 4.66. The Bertz CT molecular complexity index is 595. The molecule has 0 aliphatic rings. The molecule has 0 fully saturated rings. The average Bonchev–Trinajstić information content (AvgIpc) is 2.62. The molecule has 0 aliphatic heterocycles. The number of carbonyl (C=O) groups excluding carboxylic acids is 1. The molecule has 5 heteroatoms. The number of nitrogens with zero attached hydrogens (tertiary/aromatic N) is 1. The Morgan fingerprint density at radius 3 is 2.56 bits per heavy atom. The van der Waals surface area contributed by atoms with Gasteiger partial charge in [0.15, 0.2) is 0 Å². The molecular weight excluding hydrogens is 316 g/mol. The van der Waals surface area contributed by atoms with Gasteiger partial charge in [-0.2, -0.15) is 5.26 Å². The zero-order valence-corrected chi connectivity index (χ0v) is 15.9. The molecule has 0 aromatic heterocycles. The molecule has 1 rings (SSSR count). The fourth-order valence-corrected chi connectivity index (χ4v) is 2.43. The quantitative estimate of drug-likeness (QED) is 0.591. The van der Waals surface area contributed by atoms with E-state index in [0.717, 1.165) is 32.1 Å². The molecule has 1 aromatic carbocycles. The second kappa shape index (κ2) is 10.7. The number of nitrogens with one attached hydrogen (secondary N) is 1. The van der Waals surface area contributed by atoms with Gasteiger partial charge in [-0.25, -0.2) is 0 Å². The highest BCUT2D eigenvalue weighted by Gasteiger charge is 2.32. The second-order valence-corrected chi connectivity index (χ2v) is 6.37. The lowest BCUT2D eigenvalue weighted by Gasteiger charge is -2.27. The van der Waals surface area contributed by atoms with Gasteiger partial charge in [0.1, 0.15) is 17.4 Å². The number of anilines is 1. The van der Waals surface area contributed by atoms with Gasteiger partial charge in [0, 0.05) is 12.8 Å². The lowest BCUT2D eigenvalue weighted by atomic mass is 9.97. The number of amides is 1. The van der Waals surface area contributed by atoms with Crippen LogP contribution in [-0.4, -0.2) is 25.2 Å². The highest BCUT2D eigenvalue weighted by Crippen LogP contribution is 2.25. The molecule has 1 atom stereocenters. The van der Waals surface area contributed by atoms with E-state index in [2.05, 4.69) is 25.2 Å². The lowest BCUT2D eigenvalue weighted by molar-refractivity contribution is -0.136. The van der Waals surface area contributed by atoms with Crippen LogP contribution in [0.3, 0.4) is 0 Å². The zero-order chi connectivity index (χ0) is 18.7. The summed E-state index contributed by atoms with van der Waals surface area (Å²) < 4.78 is 11.1. The Balaban J connectivity index is 2.80. The summed E-state index contributed by atoms with van der Waals surface area (Å²) in [5.74, 6) is 0.348.